The van der Waals surface area contributed by atoms with E-state index in [0.717, 1.165) is 17.4 Å². The second-order valence-electron chi connectivity index (χ2n) is 8.99. The maximum Gasteiger partial charge on any atom is 0.503 e. The van der Waals surface area contributed by atoms with Gasteiger partial charge >= 0.3 is 12.2 Å². The second-order valence-corrected chi connectivity index (χ2v) is 8.99. The van der Waals surface area contributed by atoms with Gasteiger partial charge in [0.25, 0.3) is 5.91 Å². The molecule has 178 valence electrons. The van der Waals surface area contributed by atoms with Crippen molar-refractivity contribution in [2.24, 2.45) is 11.8 Å². The molecular weight excluding hydrogens is 434 g/mol. The van der Waals surface area contributed by atoms with E-state index in [1.807, 2.05) is 42.5 Å². The van der Waals surface area contributed by atoms with Crippen molar-refractivity contribution < 1.29 is 24.3 Å². The number of amides is 1. The number of hydrogen-bond donors (Lipinski definition) is 3. The van der Waals surface area contributed by atoms with Crippen LogP contribution in [0, 0.1) is 11.8 Å². The highest BCUT2D eigenvalue weighted by atomic mass is 16.6. The summed E-state index contributed by atoms with van der Waals surface area (Å²) >= 11 is 0. The number of hydrogen-bond acceptors (Lipinski definition) is 5. The first-order valence-corrected chi connectivity index (χ1v) is 11.7. The number of carbonyl (C=O) groups is 2. The molecule has 3 aromatic rings. The van der Waals surface area contributed by atoms with Crippen LogP contribution in [0.1, 0.15) is 71.8 Å². The number of aromatic nitrogens is 2. The molecule has 34 heavy (non-hydrogen) atoms. The van der Waals surface area contributed by atoms with Crippen LogP contribution in [0.25, 0.3) is 0 Å². The molecule has 1 aromatic heterocycles. The van der Waals surface area contributed by atoms with Crippen LogP contribution in [0.4, 0.5) is 10.8 Å². The smallest absolute Gasteiger partial charge is 0.450 e. The third-order valence-corrected chi connectivity index (χ3v) is 6.60. The molecule has 0 unspecified atom stereocenters. The monoisotopic (exact) mass is 463 g/mol. The number of nitrogens with one attached hydrogen (secondary N) is 1. The molecule has 0 aliphatic heterocycles. The SMILES string of the molecule is O=C(Nc1nc(Cc2ccccc2)no1)c1ccc([C@H]2CC[C@H](C3CC3)CC2)cc1.O=C(O)O. The normalized spacial score (nSPS) is 19.5. The van der Waals surface area contributed by atoms with E-state index in [9.17, 15) is 4.79 Å². The molecule has 8 nitrogen and oxygen atoms in total. The first-order valence-electron chi connectivity index (χ1n) is 11.7. The van der Waals surface area contributed by atoms with Crippen LogP contribution in [0.3, 0.4) is 0 Å². The molecule has 3 N–H and O–H groups in total. The molecule has 0 bridgehead atoms. The summed E-state index contributed by atoms with van der Waals surface area (Å²) in [4.78, 5) is 25.4. The molecule has 5 rings (SSSR count). The first-order chi connectivity index (χ1) is 16.5. The Morgan fingerprint density at radius 1 is 0.882 bits per heavy atom. The van der Waals surface area contributed by atoms with Gasteiger partial charge < -0.3 is 14.7 Å². The van der Waals surface area contributed by atoms with Crippen molar-refractivity contribution >= 4 is 18.1 Å². The van der Waals surface area contributed by atoms with Crippen LogP contribution in [-0.4, -0.2) is 32.4 Å². The minimum atomic E-state index is -1.83. The Hall–Kier alpha value is -3.68. The van der Waals surface area contributed by atoms with E-state index in [-0.39, 0.29) is 11.9 Å². The number of anilines is 1. The largest absolute Gasteiger partial charge is 0.503 e. The van der Waals surface area contributed by atoms with Gasteiger partial charge in [-0.25, -0.2) is 4.79 Å². The Balaban J connectivity index is 0.000000636. The second kappa shape index (κ2) is 11.0. The highest BCUT2D eigenvalue weighted by molar-refractivity contribution is 6.03. The summed E-state index contributed by atoms with van der Waals surface area (Å²) in [6.45, 7) is 0. The molecule has 2 aliphatic rings. The molecule has 1 heterocycles. The lowest BCUT2D eigenvalue weighted by Crippen LogP contribution is -2.15. The topological polar surface area (TPSA) is 126 Å². The summed E-state index contributed by atoms with van der Waals surface area (Å²) in [7, 11) is 0. The highest BCUT2D eigenvalue weighted by Gasteiger charge is 2.34. The maximum absolute atomic E-state index is 12.6. The Morgan fingerprint density at radius 2 is 1.47 bits per heavy atom. The summed E-state index contributed by atoms with van der Waals surface area (Å²) < 4.78 is 5.19. The molecule has 2 fully saturated rings. The Kier molecular flexibility index (Phi) is 7.57. The molecule has 2 aromatic carbocycles. The first kappa shape index (κ1) is 23.5. The molecule has 0 spiro atoms. The zero-order valence-corrected chi connectivity index (χ0v) is 18.9. The van der Waals surface area contributed by atoms with Gasteiger partial charge in [-0.05, 0) is 79.5 Å². The minimum absolute atomic E-state index is 0.133. The van der Waals surface area contributed by atoms with E-state index in [4.69, 9.17) is 19.5 Å². The van der Waals surface area contributed by atoms with Gasteiger partial charge in [0.1, 0.15) is 0 Å². The van der Waals surface area contributed by atoms with Gasteiger partial charge in [0.05, 0.1) is 0 Å². The fourth-order valence-electron chi connectivity index (χ4n) is 4.72. The fourth-order valence-corrected chi connectivity index (χ4v) is 4.72. The third kappa shape index (κ3) is 6.66. The predicted molar refractivity (Wildman–Crippen MR) is 126 cm³/mol. The summed E-state index contributed by atoms with van der Waals surface area (Å²) in [6.07, 6.45) is 6.91. The number of benzene rings is 2. The molecule has 2 aliphatic carbocycles. The third-order valence-electron chi connectivity index (χ3n) is 6.60. The minimum Gasteiger partial charge on any atom is -0.450 e. The highest BCUT2D eigenvalue weighted by Crippen LogP contribution is 2.47. The van der Waals surface area contributed by atoms with Crippen LogP contribution >= 0.6 is 0 Å². The number of carboxylic acid groups (broad SMARTS) is 2. The molecule has 0 radical (unpaired) electrons. The van der Waals surface area contributed by atoms with Crippen LogP contribution in [0.15, 0.2) is 59.1 Å². The van der Waals surface area contributed by atoms with Gasteiger partial charge in [-0.15, -0.1) is 0 Å². The zero-order valence-electron chi connectivity index (χ0n) is 18.9. The Labute approximate surface area is 198 Å². The summed E-state index contributed by atoms with van der Waals surface area (Å²) in [5.41, 5.74) is 3.05. The fraction of sp³-hybridized carbons (Fsp3) is 0.385. The molecule has 8 heteroatoms. The van der Waals surface area contributed by atoms with Crippen molar-refractivity contribution in [1.82, 2.24) is 10.1 Å². The molecule has 0 saturated heterocycles. The van der Waals surface area contributed by atoms with Crippen molar-refractivity contribution in [1.29, 1.82) is 0 Å². The van der Waals surface area contributed by atoms with Gasteiger partial charge in [0.15, 0.2) is 5.82 Å². The number of carbonyl (C=O) groups excluding carboxylic acids is 1. The Morgan fingerprint density at radius 3 is 2.06 bits per heavy atom. The molecule has 0 atom stereocenters. The Bertz CT molecular complexity index is 1080. The van der Waals surface area contributed by atoms with Gasteiger partial charge in [-0.3, -0.25) is 10.1 Å². The van der Waals surface area contributed by atoms with Crippen molar-refractivity contribution in [3.05, 3.63) is 77.1 Å². The van der Waals surface area contributed by atoms with E-state index in [1.54, 1.807) is 0 Å². The van der Waals surface area contributed by atoms with Crippen molar-refractivity contribution in [2.45, 2.75) is 50.9 Å². The molecular formula is C26H29N3O5. The lowest BCUT2D eigenvalue weighted by atomic mass is 9.77. The quantitative estimate of drug-likeness (QED) is 0.420. The average Bonchev–Trinajstić information content (AvgIpc) is 3.60. The average molecular weight is 464 g/mol. The van der Waals surface area contributed by atoms with E-state index in [1.165, 1.54) is 44.1 Å². The van der Waals surface area contributed by atoms with Gasteiger partial charge in [-0.2, -0.15) is 4.98 Å². The predicted octanol–water partition coefficient (Wildman–Crippen LogP) is 5.82. The summed E-state index contributed by atoms with van der Waals surface area (Å²) in [5.74, 6) is 2.94. The summed E-state index contributed by atoms with van der Waals surface area (Å²) in [5, 5.41) is 20.6. The lowest BCUT2D eigenvalue weighted by Gasteiger charge is -2.28. The van der Waals surface area contributed by atoms with Crippen LogP contribution in [0.2, 0.25) is 0 Å². The van der Waals surface area contributed by atoms with Crippen LogP contribution < -0.4 is 5.32 Å². The molecule has 2 saturated carbocycles. The lowest BCUT2D eigenvalue weighted by molar-refractivity contribution is 0.102. The standard InChI is InChI=1S/C25H27N3O2.CH2O3/c29-24(27-25-26-23(28-30-25)16-17-4-2-1-3-5-17)22-14-12-21(13-15-22)20-10-8-19(9-11-20)18-6-7-18;2-1(3)4/h1-5,12-15,18-20H,6-11,16H2,(H,26,27,28,29);(H2,2,3,4)/t19-,20-;. The van der Waals surface area contributed by atoms with Gasteiger partial charge in [0, 0.05) is 12.0 Å². The van der Waals surface area contributed by atoms with Crippen LogP contribution in [0.5, 0.6) is 0 Å². The zero-order chi connectivity index (χ0) is 23.9. The van der Waals surface area contributed by atoms with E-state index < -0.39 is 6.16 Å². The summed E-state index contributed by atoms with van der Waals surface area (Å²) in [6, 6.07) is 18.1. The van der Waals surface area contributed by atoms with Gasteiger partial charge in [0.2, 0.25) is 0 Å². The van der Waals surface area contributed by atoms with Crippen LogP contribution in [-0.2, 0) is 6.42 Å². The van der Waals surface area contributed by atoms with Gasteiger partial charge in [-0.1, -0.05) is 47.6 Å². The van der Waals surface area contributed by atoms with Crippen molar-refractivity contribution in [3.8, 4) is 0 Å². The van der Waals surface area contributed by atoms with Crippen molar-refractivity contribution in [3.63, 3.8) is 0 Å². The van der Waals surface area contributed by atoms with E-state index >= 15 is 0 Å². The van der Waals surface area contributed by atoms with Crippen molar-refractivity contribution in [2.75, 3.05) is 5.32 Å². The number of rotatable bonds is 6. The number of nitrogens with zero attached hydrogens (tertiary/aromatic N) is 2. The molecule has 1 amide bonds. The van der Waals surface area contributed by atoms with E-state index in [0.29, 0.717) is 23.7 Å². The van der Waals surface area contributed by atoms with E-state index in [2.05, 4.69) is 27.6 Å². The maximum atomic E-state index is 12.6.